The van der Waals surface area contributed by atoms with Gasteiger partial charge in [0.1, 0.15) is 11.8 Å². The lowest BCUT2D eigenvalue weighted by Gasteiger charge is -2.28. The van der Waals surface area contributed by atoms with Gasteiger partial charge in [-0.2, -0.15) is 43.2 Å². The molecule has 19 heteroatoms. The van der Waals surface area contributed by atoms with Gasteiger partial charge in [-0.25, -0.2) is 4.79 Å². The highest BCUT2D eigenvalue weighted by molar-refractivity contribution is 7.87. The van der Waals surface area contributed by atoms with Crippen LogP contribution in [-0.2, 0) is 33.3 Å². The molecule has 2 rings (SSSR count). The van der Waals surface area contributed by atoms with E-state index in [9.17, 15) is 52.8 Å². The van der Waals surface area contributed by atoms with E-state index in [-0.39, 0.29) is 6.42 Å². The van der Waals surface area contributed by atoms with Crippen LogP contribution in [0.15, 0.2) is 21.9 Å². The molecule has 0 saturated carbocycles. The Bertz CT molecular complexity index is 1090. The Balaban J connectivity index is 2.33. The van der Waals surface area contributed by atoms with Crippen LogP contribution in [0.1, 0.15) is 19.1 Å². The van der Waals surface area contributed by atoms with Crippen LogP contribution in [0.25, 0.3) is 0 Å². The predicted molar refractivity (Wildman–Crippen MR) is 85.3 cm³/mol. The van der Waals surface area contributed by atoms with Gasteiger partial charge in [-0.05, 0) is 12.8 Å². The second kappa shape index (κ2) is 8.19. The highest BCUT2D eigenvalue weighted by atomic mass is 32.2. The summed E-state index contributed by atoms with van der Waals surface area (Å²) < 4.78 is 133. The normalized spacial score (nSPS) is 20.1. The third kappa shape index (κ3) is 5.64. The van der Waals surface area contributed by atoms with Crippen molar-refractivity contribution in [3.05, 3.63) is 33.1 Å². The van der Waals surface area contributed by atoms with Gasteiger partial charge in [0, 0.05) is 12.3 Å². The minimum absolute atomic E-state index is 0.323. The zero-order valence-corrected chi connectivity index (χ0v) is 16.4. The van der Waals surface area contributed by atoms with Crippen LogP contribution in [0, 0.1) is 0 Å². The molecule has 0 aliphatic carbocycles. The van der Waals surface area contributed by atoms with Gasteiger partial charge >= 0.3 is 36.9 Å². The largest absolute Gasteiger partial charge is 0.523 e. The van der Waals surface area contributed by atoms with Crippen LogP contribution >= 0.6 is 0 Å². The van der Waals surface area contributed by atoms with E-state index in [0.29, 0.717) is 4.57 Å². The number of nitrogens with one attached hydrogen (secondary N) is 1. The number of nitrogens with zero attached hydrogens (tertiary/aromatic N) is 1. The van der Waals surface area contributed by atoms with Gasteiger partial charge in [-0.1, -0.05) is 0 Å². The number of H-pyrrole nitrogens is 1. The van der Waals surface area contributed by atoms with Crippen molar-refractivity contribution in [1.82, 2.24) is 9.55 Å². The van der Waals surface area contributed by atoms with Crippen LogP contribution in [0.4, 0.5) is 26.3 Å². The Morgan fingerprint density at radius 2 is 1.52 bits per heavy atom. The summed E-state index contributed by atoms with van der Waals surface area (Å²) in [6, 6.07) is 0.847. The summed E-state index contributed by atoms with van der Waals surface area (Å²) in [5.74, 6) is 0. The molecule has 31 heavy (non-hydrogen) atoms. The first-order valence-corrected chi connectivity index (χ1v) is 10.6. The van der Waals surface area contributed by atoms with E-state index in [1.54, 1.807) is 0 Å². The van der Waals surface area contributed by atoms with E-state index in [2.05, 4.69) is 8.37 Å². The van der Waals surface area contributed by atoms with Crippen molar-refractivity contribution in [3.63, 3.8) is 0 Å². The summed E-state index contributed by atoms with van der Waals surface area (Å²) in [5, 5.41) is 0. The first-order valence-electron chi connectivity index (χ1n) is 7.80. The summed E-state index contributed by atoms with van der Waals surface area (Å²) >= 11 is 0. The van der Waals surface area contributed by atoms with Crippen LogP contribution in [0.5, 0.6) is 0 Å². The van der Waals surface area contributed by atoms with E-state index < -0.39 is 74.0 Å². The van der Waals surface area contributed by atoms with Gasteiger partial charge in [0.05, 0.1) is 13.2 Å². The van der Waals surface area contributed by atoms with Crippen molar-refractivity contribution in [1.29, 1.82) is 0 Å². The number of rotatable bonds is 7. The molecular weight excluding hydrogens is 494 g/mol. The molecule has 1 aliphatic rings. The Morgan fingerprint density at radius 1 is 1.03 bits per heavy atom. The third-order valence-electron chi connectivity index (χ3n) is 3.92. The summed E-state index contributed by atoms with van der Waals surface area (Å²) in [7, 11) is -12.4. The molecule has 1 aliphatic heterocycles. The maximum Gasteiger partial charge on any atom is 0.523 e. The fourth-order valence-corrected chi connectivity index (χ4v) is 3.41. The molecule has 1 saturated heterocycles. The third-order valence-corrected chi connectivity index (χ3v) is 5.91. The first kappa shape index (κ1) is 25.3. The minimum atomic E-state index is -6.22. The molecule has 0 unspecified atom stereocenters. The van der Waals surface area contributed by atoms with Crippen molar-refractivity contribution in [2.75, 3.05) is 13.2 Å². The average molecular weight is 506 g/mol. The molecular formula is C12H12F6N2O9S2. The van der Waals surface area contributed by atoms with E-state index in [1.807, 2.05) is 4.98 Å². The van der Waals surface area contributed by atoms with Crippen LogP contribution in [-0.4, -0.2) is 56.2 Å². The van der Waals surface area contributed by atoms with E-state index in [1.165, 1.54) is 0 Å². The molecule has 1 N–H and O–H groups in total. The Labute approximate surface area is 168 Å². The van der Waals surface area contributed by atoms with Crippen molar-refractivity contribution in [3.8, 4) is 0 Å². The standard InChI is InChI=1S/C12H12F6N2O9S2/c13-11(14,15)30(23,24)27-5-10(6-28-31(25,26)12(16,17)18)3-1-8(29-10)20-4-2-7(21)19-9(20)22/h2,4,8H,1,3,5-6H2,(H,19,21,22)/t8-/m1/s1. The summed E-state index contributed by atoms with van der Waals surface area (Å²) in [4.78, 5) is 24.7. The van der Waals surface area contributed by atoms with Crippen molar-refractivity contribution in [2.45, 2.75) is 35.7 Å². The fraction of sp³-hybridized carbons (Fsp3) is 0.667. The number of ether oxygens (including phenoxy) is 1. The van der Waals surface area contributed by atoms with Gasteiger partial charge in [0.25, 0.3) is 5.56 Å². The van der Waals surface area contributed by atoms with Crippen LogP contribution in [0.3, 0.4) is 0 Å². The lowest BCUT2D eigenvalue weighted by Crippen LogP contribution is -2.44. The fourth-order valence-electron chi connectivity index (χ4n) is 2.40. The molecule has 178 valence electrons. The van der Waals surface area contributed by atoms with Crippen molar-refractivity contribution in [2.24, 2.45) is 0 Å². The van der Waals surface area contributed by atoms with Crippen LogP contribution in [0.2, 0.25) is 0 Å². The van der Waals surface area contributed by atoms with Gasteiger partial charge in [0.2, 0.25) is 0 Å². The zero-order valence-electron chi connectivity index (χ0n) is 14.8. The van der Waals surface area contributed by atoms with Gasteiger partial charge < -0.3 is 4.74 Å². The number of halogens is 6. The Hall–Kier alpha value is -1.96. The van der Waals surface area contributed by atoms with E-state index in [4.69, 9.17) is 4.74 Å². The maximum absolute atomic E-state index is 12.5. The van der Waals surface area contributed by atoms with Gasteiger partial charge in [-0.15, -0.1) is 0 Å². The van der Waals surface area contributed by atoms with Gasteiger partial charge in [-0.3, -0.25) is 22.7 Å². The molecule has 0 aromatic carbocycles. The molecule has 0 bridgehead atoms. The molecule has 1 fully saturated rings. The molecule has 1 atom stereocenters. The Morgan fingerprint density at radius 3 is 1.94 bits per heavy atom. The molecule has 0 spiro atoms. The number of aromatic nitrogens is 2. The molecule has 11 nitrogen and oxygen atoms in total. The van der Waals surface area contributed by atoms with Gasteiger partial charge in [0.15, 0.2) is 0 Å². The predicted octanol–water partition coefficient (Wildman–Crippen LogP) is 0.317. The number of hydrogen-bond acceptors (Lipinski definition) is 9. The SMILES string of the molecule is O=c1ccn([C@H]2CCC(COS(=O)(=O)C(F)(F)F)(COS(=O)(=O)C(F)(F)F)O2)c(=O)[nH]1. The highest BCUT2D eigenvalue weighted by Crippen LogP contribution is 2.39. The van der Waals surface area contributed by atoms with E-state index in [0.717, 1.165) is 12.3 Å². The molecule has 1 aromatic rings. The molecule has 2 heterocycles. The van der Waals surface area contributed by atoms with Crippen molar-refractivity contribution < 1.29 is 56.3 Å². The second-order valence-electron chi connectivity index (χ2n) is 6.14. The minimum Gasteiger partial charge on any atom is -0.346 e. The lowest BCUT2D eigenvalue weighted by atomic mass is 10.0. The van der Waals surface area contributed by atoms with Crippen LogP contribution < -0.4 is 11.2 Å². The number of hydrogen-bond donors (Lipinski definition) is 1. The Kier molecular flexibility index (Phi) is 6.68. The number of aromatic amines is 1. The van der Waals surface area contributed by atoms with E-state index >= 15 is 0 Å². The summed E-state index contributed by atoms with van der Waals surface area (Å²) in [6.45, 7) is -3.17. The monoisotopic (exact) mass is 506 g/mol. The number of alkyl halides is 6. The smallest absolute Gasteiger partial charge is 0.346 e. The molecule has 0 amide bonds. The molecule has 0 radical (unpaired) electrons. The topological polar surface area (TPSA) is 151 Å². The maximum atomic E-state index is 12.5. The summed E-state index contributed by atoms with van der Waals surface area (Å²) in [5.41, 5.74) is -16.1. The quantitative estimate of drug-likeness (QED) is 0.313. The zero-order chi connectivity index (χ0) is 23.9. The first-order chi connectivity index (χ1) is 13.9. The second-order valence-corrected chi connectivity index (χ2v) is 9.35. The summed E-state index contributed by atoms with van der Waals surface area (Å²) in [6.07, 6.45) is -1.44. The lowest BCUT2D eigenvalue weighted by molar-refractivity contribution is -0.121. The van der Waals surface area contributed by atoms with Crippen molar-refractivity contribution >= 4 is 20.2 Å². The molecule has 1 aromatic heterocycles. The average Bonchev–Trinajstić information content (AvgIpc) is 3.01. The highest BCUT2D eigenvalue weighted by Gasteiger charge is 2.53.